The molecular weight excluding hydrogens is 554 g/mol. The summed E-state index contributed by atoms with van der Waals surface area (Å²) in [6.07, 6.45) is 9.10. The highest BCUT2D eigenvalue weighted by atomic mass is 32.2. The normalized spacial score (nSPS) is 19.9. The Hall–Kier alpha value is -3.45. The third-order valence-corrected chi connectivity index (χ3v) is 9.83. The molecule has 0 radical (unpaired) electrons. The summed E-state index contributed by atoms with van der Waals surface area (Å²) in [7, 11) is -3.74. The van der Waals surface area contributed by atoms with E-state index in [0.29, 0.717) is 39.4 Å². The van der Waals surface area contributed by atoms with Gasteiger partial charge in [-0.15, -0.1) is 0 Å². The second-order valence-electron chi connectivity index (χ2n) is 11.4. The number of hydrogen-bond acceptors (Lipinski definition) is 7. The highest BCUT2D eigenvalue weighted by Gasteiger charge is 2.44. The van der Waals surface area contributed by atoms with Gasteiger partial charge in [0.1, 0.15) is 0 Å². The standard InChI is InChI=1S/C28H34F2N6O4S/c29-28(30)7-12-35(13-8-28)24-18-21(19-36-14-9-31-25(24)36)32-26(38)22-2-1-20(33-41(39,40)16-15-37)17-23(22)34-10-5-27(3-4-27)6-11-34/h1-2,9,14,17-19,33,37H,3-8,10-13,15-16H2,(H,32,38). The molecule has 2 aliphatic heterocycles. The maximum absolute atomic E-state index is 13.8. The minimum absolute atomic E-state index is 0.182. The van der Waals surface area contributed by atoms with Crippen molar-refractivity contribution in [3.8, 4) is 0 Å². The van der Waals surface area contributed by atoms with Crippen LogP contribution in [0, 0.1) is 5.41 Å². The number of hydrogen-bond donors (Lipinski definition) is 3. The fourth-order valence-corrected chi connectivity index (χ4v) is 6.72. The molecule has 3 fully saturated rings. The zero-order chi connectivity index (χ0) is 28.8. The van der Waals surface area contributed by atoms with Crippen LogP contribution in [0.15, 0.2) is 42.9 Å². The molecule has 0 unspecified atom stereocenters. The number of imidazole rings is 1. The molecule has 1 saturated carbocycles. The SMILES string of the molecule is O=C(Nc1cc(N2CCC(F)(F)CC2)c2nccn2c1)c1ccc(NS(=O)(=O)CCO)cc1N1CCC2(CC1)CC2. The summed E-state index contributed by atoms with van der Waals surface area (Å²) >= 11 is 0. The third kappa shape index (κ3) is 5.96. The summed E-state index contributed by atoms with van der Waals surface area (Å²) in [5.74, 6) is -3.48. The van der Waals surface area contributed by atoms with Crippen molar-refractivity contribution in [3.63, 3.8) is 0 Å². The van der Waals surface area contributed by atoms with Gasteiger partial charge in [0.05, 0.1) is 40.7 Å². The number of alkyl halides is 2. The summed E-state index contributed by atoms with van der Waals surface area (Å²) in [6, 6.07) is 6.58. The zero-order valence-corrected chi connectivity index (χ0v) is 23.5. The molecule has 3 aliphatic rings. The van der Waals surface area contributed by atoms with Gasteiger partial charge in [0, 0.05) is 57.6 Å². The number of nitrogens with one attached hydrogen (secondary N) is 2. The zero-order valence-electron chi connectivity index (χ0n) is 22.7. The lowest BCUT2D eigenvalue weighted by Crippen LogP contribution is -2.39. The minimum Gasteiger partial charge on any atom is -0.395 e. The lowest BCUT2D eigenvalue weighted by Gasteiger charge is -2.35. The minimum atomic E-state index is -3.74. The predicted molar refractivity (Wildman–Crippen MR) is 154 cm³/mol. The largest absolute Gasteiger partial charge is 0.395 e. The molecule has 1 amide bonds. The van der Waals surface area contributed by atoms with Crippen LogP contribution in [0.3, 0.4) is 0 Å². The number of benzene rings is 1. The van der Waals surface area contributed by atoms with Gasteiger partial charge in [-0.2, -0.15) is 0 Å². The van der Waals surface area contributed by atoms with Gasteiger partial charge in [-0.05, 0) is 55.4 Å². The number of carbonyl (C=O) groups is 1. The van der Waals surface area contributed by atoms with Crippen LogP contribution in [0.5, 0.6) is 0 Å². The summed E-state index contributed by atoms with van der Waals surface area (Å²) in [5, 5.41) is 12.1. The smallest absolute Gasteiger partial charge is 0.257 e. The summed E-state index contributed by atoms with van der Waals surface area (Å²) in [4.78, 5) is 22.1. The Bertz CT molecular complexity index is 1550. The quantitative estimate of drug-likeness (QED) is 0.365. The molecule has 2 saturated heterocycles. The Labute approximate surface area is 237 Å². The van der Waals surface area contributed by atoms with Crippen molar-refractivity contribution in [2.24, 2.45) is 5.41 Å². The fourth-order valence-electron chi connectivity index (χ4n) is 5.89. The van der Waals surface area contributed by atoms with Crippen molar-refractivity contribution in [2.45, 2.75) is 44.4 Å². The summed E-state index contributed by atoms with van der Waals surface area (Å²) in [5.41, 5.74) is 3.53. The predicted octanol–water partition coefficient (Wildman–Crippen LogP) is 3.94. The number of amides is 1. The number of aliphatic hydroxyl groups excluding tert-OH is 1. The van der Waals surface area contributed by atoms with Crippen LogP contribution in [0.2, 0.25) is 0 Å². The second-order valence-corrected chi connectivity index (χ2v) is 13.3. The number of carbonyl (C=O) groups excluding carboxylic acids is 1. The molecule has 3 N–H and O–H groups in total. The second kappa shape index (κ2) is 10.4. The van der Waals surface area contributed by atoms with Crippen LogP contribution in [0.1, 0.15) is 48.9 Å². The maximum atomic E-state index is 13.8. The van der Waals surface area contributed by atoms with E-state index in [-0.39, 0.29) is 31.8 Å². The molecular formula is C28H34F2N6O4S. The topological polar surface area (TPSA) is 119 Å². The van der Waals surface area contributed by atoms with Crippen molar-refractivity contribution in [1.82, 2.24) is 9.38 Å². The number of fused-ring (bicyclic) bond motifs is 1. The first-order valence-electron chi connectivity index (χ1n) is 14.0. The molecule has 1 spiro atoms. The fraction of sp³-hybridized carbons (Fsp3) is 0.500. The van der Waals surface area contributed by atoms with Crippen LogP contribution < -0.4 is 19.8 Å². The highest BCUT2D eigenvalue weighted by Crippen LogP contribution is 2.54. The number of pyridine rings is 1. The number of aromatic nitrogens is 2. The molecule has 41 heavy (non-hydrogen) atoms. The van der Waals surface area contributed by atoms with Gasteiger partial charge in [0.2, 0.25) is 10.0 Å². The average molecular weight is 589 g/mol. The molecule has 2 aromatic heterocycles. The number of sulfonamides is 1. The average Bonchev–Trinajstić information content (AvgIpc) is 3.50. The van der Waals surface area contributed by atoms with Crippen LogP contribution in [-0.4, -0.2) is 73.3 Å². The van der Waals surface area contributed by atoms with Gasteiger partial charge < -0.3 is 24.6 Å². The Kier molecular flexibility index (Phi) is 7.05. The molecule has 0 atom stereocenters. The van der Waals surface area contributed by atoms with Crippen molar-refractivity contribution >= 4 is 44.3 Å². The van der Waals surface area contributed by atoms with E-state index in [4.69, 9.17) is 5.11 Å². The first-order chi connectivity index (χ1) is 19.6. The van der Waals surface area contributed by atoms with E-state index in [1.807, 2.05) is 4.90 Å². The Morgan fingerprint density at radius 1 is 0.951 bits per heavy atom. The molecule has 6 rings (SSSR count). The Morgan fingerprint density at radius 3 is 2.29 bits per heavy atom. The van der Waals surface area contributed by atoms with Gasteiger partial charge in [-0.3, -0.25) is 9.52 Å². The molecule has 220 valence electrons. The molecule has 1 aromatic carbocycles. The van der Waals surface area contributed by atoms with Gasteiger partial charge >= 0.3 is 0 Å². The van der Waals surface area contributed by atoms with Crippen LogP contribution in [0.4, 0.5) is 31.5 Å². The number of anilines is 4. The van der Waals surface area contributed by atoms with Crippen molar-refractivity contribution in [1.29, 1.82) is 0 Å². The van der Waals surface area contributed by atoms with E-state index in [1.54, 1.807) is 41.2 Å². The number of aliphatic hydroxyl groups is 1. The van der Waals surface area contributed by atoms with Crippen molar-refractivity contribution in [3.05, 3.63) is 48.4 Å². The van der Waals surface area contributed by atoms with E-state index in [2.05, 4.69) is 19.9 Å². The van der Waals surface area contributed by atoms with Gasteiger partial charge in [-0.1, -0.05) is 0 Å². The maximum Gasteiger partial charge on any atom is 0.257 e. The monoisotopic (exact) mass is 588 g/mol. The lowest BCUT2D eigenvalue weighted by molar-refractivity contribution is -0.0220. The molecule has 10 nitrogen and oxygen atoms in total. The van der Waals surface area contributed by atoms with Crippen molar-refractivity contribution < 1.29 is 27.1 Å². The molecule has 1 aliphatic carbocycles. The van der Waals surface area contributed by atoms with Crippen LogP contribution in [0.25, 0.3) is 5.65 Å². The van der Waals surface area contributed by atoms with E-state index >= 15 is 0 Å². The van der Waals surface area contributed by atoms with Crippen LogP contribution in [-0.2, 0) is 10.0 Å². The first-order valence-corrected chi connectivity index (χ1v) is 15.6. The summed E-state index contributed by atoms with van der Waals surface area (Å²) < 4.78 is 56.5. The third-order valence-electron chi connectivity index (χ3n) is 8.56. The van der Waals surface area contributed by atoms with Gasteiger partial charge in [-0.25, -0.2) is 22.2 Å². The van der Waals surface area contributed by atoms with Crippen LogP contribution >= 0.6 is 0 Å². The van der Waals surface area contributed by atoms with E-state index in [0.717, 1.165) is 25.9 Å². The van der Waals surface area contributed by atoms with E-state index in [1.165, 1.54) is 18.9 Å². The number of nitrogens with zero attached hydrogens (tertiary/aromatic N) is 4. The molecule has 4 heterocycles. The Balaban J connectivity index is 1.29. The number of piperidine rings is 2. The number of halogens is 2. The number of rotatable bonds is 8. The summed E-state index contributed by atoms with van der Waals surface area (Å²) in [6.45, 7) is 1.39. The van der Waals surface area contributed by atoms with Gasteiger partial charge in [0.15, 0.2) is 5.65 Å². The van der Waals surface area contributed by atoms with Gasteiger partial charge in [0.25, 0.3) is 11.8 Å². The van der Waals surface area contributed by atoms with Crippen molar-refractivity contribution in [2.75, 3.05) is 58.4 Å². The van der Waals surface area contributed by atoms with E-state index < -0.39 is 28.3 Å². The van der Waals surface area contributed by atoms with E-state index in [9.17, 15) is 22.0 Å². The highest BCUT2D eigenvalue weighted by molar-refractivity contribution is 7.92. The first kappa shape index (κ1) is 27.7. The molecule has 13 heteroatoms. The molecule has 0 bridgehead atoms. The Morgan fingerprint density at radius 2 is 1.61 bits per heavy atom. The lowest BCUT2D eigenvalue weighted by atomic mass is 9.93. The molecule has 3 aromatic rings.